The first-order valence-electron chi connectivity index (χ1n) is 5.36. The van der Waals surface area contributed by atoms with E-state index in [1.54, 1.807) is 29.5 Å². The molecule has 0 aliphatic rings. The van der Waals surface area contributed by atoms with E-state index in [-0.39, 0.29) is 11.4 Å². The zero-order valence-corrected chi connectivity index (χ0v) is 11.1. The Hall–Kier alpha value is -0.940. The van der Waals surface area contributed by atoms with Crippen molar-refractivity contribution in [1.29, 1.82) is 0 Å². The highest BCUT2D eigenvalue weighted by Gasteiger charge is 2.23. The molecule has 0 saturated carbocycles. The molecule has 5 heteroatoms. The molecule has 0 unspecified atom stereocenters. The van der Waals surface area contributed by atoms with Gasteiger partial charge in [-0.25, -0.2) is 4.98 Å². The Bertz CT molecular complexity index is 335. The number of thiazole rings is 1. The number of hydrogen-bond acceptors (Lipinski definition) is 4. The lowest BCUT2D eigenvalue weighted by atomic mass is 10.1. The van der Waals surface area contributed by atoms with Crippen molar-refractivity contribution in [3.63, 3.8) is 0 Å². The second-order valence-electron chi connectivity index (χ2n) is 4.22. The van der Waals surface area contributed by atoms with Crippen molar-refractivity contribution in [3.8, 4) is 0 Å². The van der Waals surface area contributed by atoms with E-state index < -0.39 is 0 Å². The molecule has 90 valence electrons. The Kier molecular flexibility index (Phi) is 4.44. The highest BCUT2D eigenvalue weighted by molar-refractivity contribution is 7.09. The zero-order chi connectivity index (χ0) is 12.2. The van der Waals surface area contributed by atoms with Gasteiger partial charge in [0.1, 0.15) is 5.01 Å². The fraction of sp³-hybridized carbons (Fsp3) is 0.636. The molecular formula is C11H19N3OS. The van der Waals surface area contributed by atoms with E-state index >= 15 is 0 Å². The van der Waals surface area contributed by atoms with Crippen LogP contribution in [-0.2, 0) is 10.3 Å². The number of amides is 1. The summed E-state index contributed by atoms with van der Waals surface area (Å²) in [5.74, 6) is 0.104. The normalized spacial score (nSPS) is 11.5. The molecule has 0 saturated heterocycles. The van der Waals surface area contributed by atoms with Crippen LogP contribution in [0.25, 0.3) is 0 Å². The summed E-state index contributed by atoms with van der Waals surface area (Å²) >= 11 is 1.60. The Labute approximate surface area is 101 Å². The summed E-state index contributed by atoms with van der Waals surface area (Å²) in [4.78, 5) is 17.6. The van der Waals surface area contributed by atoms with Gasteiger partial charge >= 0.3 is 0 Å². The summed E-state index contributed by atoms with van der Waals surface area (Å²) in [5.41, 5.74) is -0.252. The van der Waals surface area contributed by atoms with Crippen molar-refractivity contribution >= 4 is 17.2 Å². The van der Waals surface area contributed by atoms with Crippen LogP contribution < -0.4 is 5.32 Å². The third-order valence-electron chi connectivity index (χ3n) is 2.55. The van der Waals surface area contributed by atoms with Crippen molar-refractivity contribution in [3.05, 3.63) is 16.6 Å². The van der Waals surface area contributed by atoms with Gasteiger partial charge in [0.25, 0.3) is 0 Å². The lowest BCUT2D eigenvalue weighted by molar-refractivity contribution is -0.129. The van der Waals surface area contributed by atoms with Gasteiger partial charge in [0.15, 0.2) is 0 Å². The van der Waals surface area contributed by atoms with Gasteiger partial charge in [0.05, 0.1) is 12.1 Å². The molecule has 1 amide bonds. The molecule has 0 aromatic carbocycles. The highest BCUT2D eigenvalue weighted by atomic mass is 32.1. The molecule has 1 aromatic rings. The monoisotopic (exact) mass is 241 g/mol. The number of aromatic nitrogens is 1. The van der Waals surface area contributed by atoms with Gasteiger partial charge in [-0.15, -0.1) is 11.3 Å². The van der Waals surface area contributed by atoms with Crippen LogP contribution in [0.4, 0.5) is 0 Å². The first kappa shape index (κ1) is 13.1. The molecule has 0 bridgehead atoms. The number of carbonyl (C=O) groups excluding carboxylic acids is 1. The molecule has 4 nitrogen and oxygen atoms in total. The fourth-order valence-electron chi connectivity index (χ4n) is 1.22. The Morgan fingerprint density at radius 2 is 2.31 bits per heavy atom. The Morgan fingerprint density at radius 3 is 2.81 bits per heavy atom. The molecule has 1 heterocycles. The highest BCUT2D eigenvalue weighted by Crippen LogP contribution is 2.21. The van der Waals surface area contributed by atoms with E-state index in [4.69, 9.17) is 0 Å². The SMILES string of the molecule is CCN(C)C(=O)CNC(C)(C)c1nccs1. The molecule has 0 radical (unpaired) electrons. The van der Waals surface area contributed by atoms with Crippen LogP contribution in [0.1, 0.15) is 25.8 Å². The van der Waals surface area contributed by atoms with Crippen LogP contribution in [-0.4, -0.2) is 35.9 Å². The number of hydrogen-bond donors (Lipinski definition) is 1. The van der Waals surface area contributed by atoms with Gasteiger partial charge in [0, 0.05) is 25.2 Å². The molecule has 0 aliphatic heterocycles. The third kappa shape index (κ3) is 3.28. The fourth-order valence-corrected chi connectivity index (χ4v) is 1.95. The van der Waals surface area contributed by atoms with Gasteiger partial charge in [-0.1, -0.05) is 0 Å². The predicted molar refractivity (Wildman–Crippen MR) is 66.5 cm³/mol. The van der Waals surface area contributed by atoms with Crippen LogP contribution in [0.2, 0.25) is 0 Å². The molecule has 0 aliphatic carbocycles. The lowest BCUT2D eigenvalue weighted by Crippen LogP contribution is -2.43. The van der Waals surface area contributed by atoms with Crippen LogP contribution in [0.3, 0.4) is 0 Å². The van der Waals surface area contributed by atoms with Crippen LogP contribution in [0, 0.1) is 0 Å². The van der Waals surface area contributed by atoms with Crippen LogP contribution in [0.5, 0.6) is 0 Å². The second-order valence-corrected chi connectivity index (χ2v) is 5.12. The van der Waals surface area contributed by atoms with Gasteiger partial charge in [-0.05, 0) is 20.8 Å². The summed E-state index contributed by atoms with van der Waals surface area (Å²) in [7, 11) is 1.81. The predicted octanol–water partition coefficient (Wildman–Crippen LogP) is 1.45. The summed E-state index contributed by atoms with van der Waals surface area (Å²) in [6, 6.07) is 0. The van der Waals surface area contributed by atoms with E-state index in [0.717, 1.165) is 11.6 Å². The minimum atomic E-state index is -0.252. The molecule has 1 aromatic heterocycles. The molecule has 0 fully saturated rings. The van der Waals surface area contributed by atoms with Crippen molar-refractivity contribution in [2.24, 2.45) is 0 Å². The maximum absolute atomic E-state index is 11.6. The van der Waals surface area contributed by atoms with Gasteiger partial charge in [-0.2, -0.15) is 0 Å². The average molecular weight is 241 g/mol. The molecule has 16 heavy (non-hydrogen) atoms. The standard InChI is InChI=1S/C11H19N3OS/c1-5-14(4)9(15)8-13-11(2,3)10-12-6-7-16-10/h6-7,13H,5,8H2,1-4H3. The van der Waals surface area contributed by atoms with E-state index in [1.807, 2.05) is 26.2 Å². The Morgan fingerprint density at radius 1 is 1.62 bits per heavy atom. The number of carbonyl (C=O) groups is 1. The summed E-state index contributed by atoms with van der Waals surface area (Å²) < 4.78 is 0. The lowest BCUT2D eigenvalue weighted by Gasteiger charge is -2.25. The average Bonchev–Trinajstić information content (AvgIpc) is 2.78. The van der Waals surface area contributed by atoms with Crippen LogP contribution in [0.15, 0.2) is 11.6 Å². The number of likely N-dealkylation sites (N-methyl/N-ethyl adjacent to an activating group) is 1. The van der Waals surface area contributed by atoms with E-state index in [9.17, 15) is 4.79 Å². The molecule has 1 rings (SSSR count). The van der Waals surface area contributed by atoms with Crippen LogP contribution >= 0.6 is 11.3 Å². The molecule has 1 N–H and O–H groups in total. The summed E-state index contributed by atoms with van der Waals surface area (Å²) in [6.45, 7) is 7.11. The summed E-state index contributed by atoms with van der Waals surface area (Å²) in [5, 5.41) is 6.18. The Balaban J connectivity index is 2.52. The first-order chi connectivity index (χ1) is 7.47. The van der Waals surface area contributed by atoms with Gasteiger partial charge < -0.3 is 4.90 Å². The van der Waals surface area contributed by atoms with Crippen molar-refractivity contribution in [2.75, 3.05) is 20.1 Å². The van der Waals surface area contributed by atoms with Crippen molar-refractivity contribution in [2.45, 2.75) is 26.3 Å². The molecular weight excluding hydrogens is 222 g/mol. The van der Waals surface area contributed by atoms with E-state index in [2.05, 4.69) is 10.3 Å². The van der Waals surface area contributed by atoms with Gasteiger partial charge in [-0.3, -0.25) is 10.1 Å². The minimum absolute atomic E-state index is 0.104. The van der Waals surface area contributed by atoms with Crippen molar-refractivity contribution in [1.82, 2.24) is 15.2 Å². The van der Waals surface area contributed by atoms with E-state index in [0.29, 0.717) is 6.54 Å². The topological polar surface area (TPSA) is 45.2 Å². The smallest absolute Gasteiger partial charge is 0.236 e. The quantitative estimate of drug-likeness (QED) is 0.848. The zero-order valence-electron chi connectivity index (χ0n) is 10.3. The van der Waals surface area contributed by atoms with E-state index in [1.165, 1.54) is 0 Å². The molecule has 0 spiro atoms. The molecule has 0 atom stereocenters. The largest absolute Gasteiger partial charge is 0.345 e. The minimum Gasteiger partial charge on any atom is -0.345 e. The summed E-state index contributed by atoms with van der Waals surface area (Å²) in [6.07, 6.45) is 1.78. The van der Waals surface area contributed by atoms with Crippen molar-refractivity contribution < 1.29 is 4.79 Å². The maximum Gasteiger partial charge on any atom is 0.236 e. The maximum atomic E-state index is 11.6. The second kappa shape index (κ2) is 5.41. The number of rotatable bonds is 5. The van der Waals surface area contributed by atoms with Gasteiger partial charge in [0.2, 0.25) is 5.91 Å². The number of nitrogens with zero attached hydrogens (tertiary/aromatic N) is 2. The third-order valence-corrected chi connectivity index (χ3v) is 3.65. The first-order valence-corrected chi connectivity index (χ1v) is 6.24. The number of nitrogens with one attached hydrogen (secondary N) is 1.